The number of carbonyl (C=O) groups is 2. The Kier molecular flexibility index (Phi) is 6.75. The van der Waals surface area contributed by atoms with Gasteiger partial charge < -0.3 is 15.4 Å². The minimum absolute atomic E-state index is 0.204. The zero-order valence-electron chi connectivity index (χ0n) is 16.2. The van der Waals surface area contributed by atoms with Crippen LogP contribution >= 0.6 is 0 Å². The molecule has 0 aromatic heterocycles. The molecule has 2 amide bonds. The highest BCUT2D eigenvalue weighted by molar-refractivity contribution is 6.04. The number of rotatable bonds is 7. The third-order valence-electron chi connectivity index (χ3n) is 4.31. The quantitative estimate of drug-likeness (QED) is 0.604. The molecule has 0 heterocycles. The molecule has 3 aromatic carbocycles. The predicted octanol–water partition coefficient (Wildman–Crippen LogP) is 4.47. The average Bonchev–Trinajstić information content (AvgIpc) is 2.74. The summed E-state index contributed by atoms with van der Waals surface area (Å²) >= 11 is 0. The number of anilines is 1. The molecule has 0 bridgehead atoms. The molecule has 0 fully saturated rings. The van der Waals surface area contributed by atoms with E-state index in [4.69, 9.17) is 4.74 Å². The van der Waals surface area contributed by atoms with E-state index in [-0.39, 0.29) is 17.7 Å². The van der Waals surface area contributed by atoms with E-state index < -0.39 is 24.1 Å². The van der Waals surface area contributed by atoms with E-state index in [9.17, 15) is 18.4 Å². The summed E-state index contributed by atoms with van der Waals surface area (Å²) in [6, 6.07) is 18.4. The largest absolute Gasteiger partial charge is 0.481 e. The van der Waals surface area contributed by atoms with Crippen LogP contribution in [0.25, 0.3) is 0 Å². The van der Waals surface area contributed by atoms with Gasteiger partial charge in [-0.1, -0.05) is 30.3 Å². The summed E-state index contributed by atoms with van der Waals surface area (Å²) < 4.78 is 31.6. The number of hydrogen-bond donors (Lipinski definition) is 2. The van der Waals surface area contributed by atoms with Crippen molar-refractivity contribution in [3.63, 3.8) is 0 Å². The third kappa shape index (κ3) is 5.64. The van der Waals surface area contributed by atoms with Gasteiger partial charge in [-0.15, -0.1) is 0 Å². The summed E-state index contributed by atoms with van der Waals surface area (Å²) in [6.07, 6.45) is 0. The number of benzene rings is 3. The fourth-order valence-electron chi connectivity index (χ4n) is 2.78. The third-order valence-corrected chi connectivity index (χ3v) is 4.31. The number of ether oxygens (including phenoxy) is 1. The molecule has 7 heteroatoms. The molecule has 3 aromatic rings. The van der Waals surface area contributed by atoms with E-state index in [0.29, 0.717) is 17.3 Å². The van der Waals surface area contributed by atoms with Gasteiger partial charge in [0.2, 0.25) is 0 Å². The maximum absolute atomic E-state index is 13.6. The Morgan fingerprint density at radius 3 is 2.47 bits per heavy atom. The lowest BCUT2D eigenvalue weighted by Gasteiger charge is -2.16. The normalized spacial score (nSPS) is 11.4. The van der Waals surface area contributed by atoms with E-state index in [0.717, 1.165) is 17.7 Å². The summed E-state index contributed by atoms with van der Waals surface area (Å²) in [5.74, 6) is -2.51. The minimum atomic E-state index is -0.877. The van der Waals surface area contributed by atoms with Crippen molar-refractivity contribution >= 4 is 17.5 Å². The Labute approximate surface area is 172 Å². The molecule has 3 rings (SSSR count). The summed E-state index contributed by atoms with van der Waals surface area (Å²) in [4.78, 5) is 24.4. The van der Waals surface area contributed by atoms with Crippen LogP contribution in [0, 0.1) is 11.6 Å². The maximum atomic E-state index is 13.6. The molecular formula is C23H20F2N2O3. The Morgan fingerprint density at radius 2 is 1.73 bits per heavy atom. The van der Waals surface area contributed by atoms with Crippen LogP contribution in [0.4, 0.5) is 14.5 Å². The molecule has 0 unspecified atom stereocenters. The van der Waals surface area contributed by atoms with Gasteiger partial charge in [-0.25, -0.2) is 8.78 Å². The van der Waals surface area contributed by atoms with Crippen molar-refractivity contribution in [1.82, 2.24) is 5.32 Å². The lowest BCUT2D eigenvalue weighted by molar-refractivity contribution is -0.123. The highest BCUT2D eigenvalue weighted by Crippen LogP contribution is 2.19. The zero-order valence-corrected chi connectivity index (χ0v) is 16.2. The zero-order chi connectivity index (χ0) is 21.5. The van der Waals surface area contributed by atoms with Crippen LogP contribution in [0.5, 0.6) is 5.75 Å². The van der Waals surface area contributed by atoms with Crippen LogP contribution in [0.3, 0.4) is 0 Å². The monoisotopic (exact) mass is 410 g/mol. The maximum Gasteiger partial charge on any atom is 0.258 e. The van der Waals surface area contributed by atoms with Crippen LogP contribution in [-0.4, -0.2) is 18.4 Å². The van der Waals surface area contributed by atoms with Gasteiger partial charge in [0, 0.05) is 17.3 Å². The fraction of sp³-hybridized carbons (Fsp3) is 0.130. The number of nitrogens with one attached hydrogen (secondary N) is 2. The number of halogens is 2. The molecule has 0 aliphatic rings. The second kappa shape index (κ2) is 9.65. The predicted molar refractivity (Wildman–Crippen MR) is 109 cm³/mol. The van der Waals surface area contributed by atoms with Crippen molar-refractivity contribution in [3.8, 4) is 5.75 Å². The number of amides is 2. The van der Waals surface area contributed by atoms with Gasteiger partial charge >= 0.3 is 0 Å². The van der Waals surface area contributed by atoms with Crippen LogP contribution in [0.15, 0.2) is 72.8 Å². The van der Waals surface area contributed by atoms with Gasteiger partial charge in [0.1, 0.15) is 5.82 Å². The molecular weight excluding hydrogens is 390 g/mol. The van der Waals surface area contributed by atoms with Crippen molar-refractivity contribution in [2.75, 3.05) is 11.9 Å². The molecule has 5 nitrogen and oxygen atoms in total. The van der Waals surface area contributed by atoms with Crippen molar-refractivity contribution in [2.45, 2.75) is 13.0 Å². The van der Waals surface area contributed by atoms with Gasteiger partial charge in [-0.05, 0) is 48.9 Å². The van der Waals surface area contributed by atoms with Crippen molar-refractivity contribution in [1.29, 1.82) is 0 Å². The van der Waals surface area contributed by atoms with Crippen molar-refractivity contribution in [2.24, 2.45) is 0 Å². The minimum Gasteiger partial charge on any atom is -0.481 e. The second-order valence-corrected chi connectivity index (χ2v) is 6.60. The topological polar surface area (TPSA) is 67.4 Å². The van der Waals surface area contributed by atoms with Crippen LogP contribution < -0.4 is 15.4 Å². The number of carbonyl (C=O) groups excluding carboxylic acids is 2. The summed E-state index contributed by atoms with van der Waals surface area (Å²) in [5.41, 5.74) is 1.89. The highest BCUT2D eigenvalue weighted by Gasteiger charge is 2.13. The Morgan fingerprint density at radius 1 is 0.967 bits per heavy atom. The fourth-order valence-corrected chi connectivity index (χ4v) is 2.78. The van der Waals surface area contributed by atoms with Gasteiger partial charge in [-0.2, -0.15) is 0 Å². The summed E-state index contributed by atoms with van der Waals surface area (Å²) in [6.45, 7) is 1.35. The van der Waals surface area contributed by atoms with Crippen LogP contribution in [0.1, 0.15) is 28.9 Å². The molecule has 0 aliphatic carbocycles. The van der Waals surface area contributed by atoms with Crippen LogP contribution in [0.2, 0.25) is 0 Å². The molecule has 0 saturated heterocycles. The lowest BCUT2D eigenvalue weighted by Crippen LogP contribution is -2.31. The van der Waals surface area contributed by atoms with E-state index >= 15 is 0 Å². The van der Waals surface area contributed by atoms with E-state index in [1.54, 1.807) is 49.4 Å². The lowest BCUT2D eigenvalue weighted by atomic mass is 10.1. The van der Waals surface area contributed by atoms with Gasteiger partial charge in [-0.3, -0.25) is 9.59 Å². The van der Waals surface area contributed by atoms with Crippen molar-refractivity contribution < 1.29 is 23.1 Å². The van der Waals surface area contributed by atoms with Crippen LogP contribution in [-0.2, 0) is 4.79 Å². The Balaban J connectivity index is 1.57. The van der Waals surface area contributed by atoms with E-state index in [1.165, 1.54) is 0 Å². The Hall–Kier alpha value is -3.74. The molecule has 1 atom stereocenters. The van der Waals surface area contributed by atoms with Crippen molar-refractivity contribution in [3.05, 3.63) is 95.6 Å². The summed E-state index contributed by atoms with van der Waals surface area (Å²) in [5, 5.41) is 5.55. The SMILES string of the molecule is C[C@H](NC(=O)COc1ccc(F)cc1F)c1cccc(NC(=O)c2ccccc2)c1. The number of hydrogen-bond acceptors (Lipinski definition) is 3. The standard InChI is InChI=1S/C23H20F2N2O3/c1-15(26-22(28)14-30-21-11-10-18(24)13-20(21)25)17-8-5-9-19(12-17)27-23(29)16-6-3-2-4-7-16/h2-13,15H,14H2,1H3,(H,26,28)(H,27,29)/t15-/m0/s1. The molecule has 2 N–H and O–H groups in total. The first kappa shape index (κ1) is 21.0. The van der Waals surface area contributed by atoms with Gasteiger partial charge in [0.05, 0.1) is 6.04 Å². The molecule has 0 saturated carbocycles. The smallest absolute Gasteiger partial charge is 0.258 e. The molecule has 154 valence electrons. The summed E-state index contributed by atoms with van der Waals surface area (Å²) in [7, 11) is 0. The molecule has 0 spiro atoms. The van der Waals surface area contributed by atoms with E-state index in [2.05, 4.69) is 10.6 Å². The molecule has 30 heavy (non-hydrogen) atoms. The first-order valence-corrected chi connectivity index (χ1v) is 9.26. The molecule has 0 radical (unpaired) electrons. The van der Waals surface area contributed by atoms with Gasteiger partial charge in [0.15, 0.2) is 18.2 Å². The second-order valence-electron chi connectivity index (χ2n) is 6.60. The highest BCUT2D eigenvalue weighted by atomic mass is 19.1. The Bertz CT molecular complexity index is 1040. The van der Waals surface area contributed by atoms with E-state index in [1.807, 2.05) is 12.1 Å². The first-order valence-electron chi connectivity index (χ1n) is 9.26. The molecule has 0 aliphatic heterocycles. The van der Waals surface area contributed by atoms with Gasteiger partial charge in [0.25, 0.3) is 11.8 Å². The first-order chi connectivity index (χ1) is 14.4. The average molecular weight is 410 g/mol.